The molecule has 1 aromatic carbocycles. The summed E-state index contributed by atoms with van der Waals surface area (Å²) in [7, 11) is 0. The average Bonchev–Trinajstić information content (AvgIpc) is 2.47. The van der Waals surface area contributed by atoms with E-state index in [0.29, 0.717) is 25.9 Å². The van der Waals surface area contributed by atoms with Gasteiger partial charge in [-0.05, 0) is 62.3 Å². The predicted molar refractivity (Wildman–Crippen MR) is 87.3 cm³/mol. The Labute approximate surface area is 132 Å². The number of rotatable bonds is 8. The fourth-order valence-corrected chi connectivity index (χ4v) is 2.66. The van der Waals surface area contributed by atoms with E-state index in [1.165, 1.54) is 0 Å². The van der Waals surface area contributed by atoms with Crippen molar-refractivity contribution < 1.29 is 14.9 Å². The zero-order valence-electron chi connectivity index (χ0n) is 13.4. The molecular formula is C17H27ClO3. The first-order valence-electron chi connectivity index (χ1n) is 7.69. The molecule has 1 aromatic rings. The number of hydrogen-bond donors (Lipinski definition) is 2. The van der Waals surface area contributed by atoms with Gasteiger partial charge in [0.1, 0.15) is 5.75 Å². The molecule has 2 unspecified atom stereocenters. The molecule has 120 valence electrons. The summed E-state index contributed by atoms with van der Waals surface area (Å²) in [5.74, 6) is 0.872. The quantitative estimate of drug-likeness (QED) is 0.767. The lowest BCUT2D eigenvalue weighted by molar-refractivity contribution is 0.0129. The van der Waals surface area contributed by atoms with Crippen LogP contribution in [0.3, 0.4) is 0 Å². The molecule has 0 aromatic heterocycles. The summed E-state index contributed by atoms with van der Waals surface area (Å²) in [5.41, 5.74) is 3.04. The Morgan fingerprint density at radius 2 is 1.86 bits per heavy atom. The maximum absolute atomic E-state index is 9.95. The van der Waals surface area contributed by atoms with Crippen LogP contribution in [-0.4, -0.2) is 29.0 Å². The second-order valence-corrected chi connectivity index (χ2v) is 5.95. The lowest BCUT2D eigenvalue weighted by atomic mass is 9.96. The normalized spacial score (nSPS) is 14.0. The summed E-state index contributed by atoms with van der Waals surface area (Å²) in [5, 5.41) is 20.4. The van der Waals surface area contributed by atoms with Crippen LogP contribution in [0, 0.1) is 13.8 Å². The van der Waals surface area contributed by atoms with Crippen LogP contribution in [0.15, 0.2) is 6.07 Å². The van der Waals surface area contributed by atoms with Gasteiger partial charge in [-0.15, -0.1) is 0 Å². The highest BCUT2D eigenvalue weighted by atomic mass is 35.5. The Hall–Kier alpha value is -0.770. The molecule has 0 aliphatic rings. The molecule has 0 aliphatic carbocycles. The van der Waals surface area contributed by atoms with Crippen LogP contribution >= 0.6 is 11.6 Å². The highest BCUT2D eigenvalue weighted by Crippen LogP contribution is 2.33. The lowest BCUT2D eigenvalue weighted by Crippen LogP contribution is -2.25. The lowest BCUT2D eigenvalue weighted by Gasteiger charge is -2.20. The maximum atomic E-state index is 9.95. The third-order valence-electron chi connectivity index (χ3n) is 3.79. The maximum Gasteiger partial charge on any atom is 0.125 e. The first-order chi connectivity index (χ1) is 9.92. The van der Waals surface area contributed by atoms with Crippen LogP contribution in [0.2, 0.25) is 5.02 Å². The highest BCUT2D eigenvalue weighted by molar-refractivity contribution is 6.31. The van der Waals surface area contributed by atoms with Crippen molar-refractivity contribution in [1.29, 1.82) is 0 Å². The summed E-state index contributed by atoms with van der Waals surface area (Å²) in [6.45, 7) is 8.54. The summed E-state index contributed by atoms with van der Waals surface area (Å²) >= 11 is 6.26. The van der Waals surface area contributed by atoms with Gasteiger partial charge in [-0.25, -0.2) is 0 Å². The molecule has 0 saturated heterocycles. The summed E-state index contributed by atoms with van der Waals surface area (Å²) < 4.78 is 5.87. The standard InChI is InChI=1S/C17H27ClO3/c1-5-9-21-17-11(3)10-14(18)12(4)13(17)7-8-16(20)15(19)6-2/h10,15-16,19-20H,5-9H2,1-4H3. The molecule has 0 heterocycles. The number of aliphatic hydroxyl groups excluding tert-OH is 2. The van der Waals surface area contributed by atoms with E-state index in [4.69, 9.17) is 16.3 Å². The molecule has 0 amide bonds. The molecule has 0 radical (unpaired) electrons. The van der Waals surface area contributed by atoms with E-state index in [1.54, 1.807) is 0 Å². The Morgan fingerprint density at radius 3 is 2.43 bits per heavy atom. The van der Waals surface area contributed by atoms with Crippen LogP contribution in [0.5, 0.6) is 5.75 Å². The van der Waals surface area contributed by atoms with Crippen molar-refractivity contribution in [2.75, 3.05) is 6.61 Å². The van der Waals surface area contributed by atoms with Crippen LogP contribution in [-0.2, 0) is 6.42 Å². The average molecular weight is 315 g/mol. The van der Waals surface area contributed by atoms with Crippen molar-refractivity contribution in [3.8, 4) is 5.75 Å². The second-order valence-electron chi connectivity index (χ2n) is 5.54. The van der Waals surface area contributed by atoms with E-state index < -0.39 is 12.2 Å². The molecule has 0 fully saturated rings. The molecular weight excluding hydrogens is 288 g/mol. The number of aryl methyl sites for hydroxylation is 1. The minimum absolute atomic E-state index is 0.498. The number of aliphatic hydroxyl groups is 2. The van der Waals surface area contributed by atoms with E-state index in [2.05, 4.69) is 6.92 Å². The van der Waals surface area contributed by atoms with Gasteiger partial charge in [0.05, 0.1) is 18.8 Å². The van der Waals surface area contributed by atoms with Crippen LogP contribution in [0.4, 0.5) is 0 Å². The minimum Gasteiger partial charge on any atom is -0.493 e. The molecule has 0 bridgehead atoms. The summed E-state index contributed by atoms with van der Waals surface area (Å²) in [6.07, 6.45) is 1.24. The highest BCUT2D eigenvalue weighted by Gasteiger charge is 2.18. The number of benzene rings is 1. The van der Waals surface area contributed by atoms with E-state index in [-0.39, 0.29) is 0 Å². The van der Waals surface area contributed by atoms with Crippen molar-refractivity contribution in [2.24, 2.45) is 0 Å². The fourth-order valence-electron chi connectivity index (χ4n) is 2.38. The van der Waals surface area contributed by atoms with E-state index in [0.717, 1.165) is 33.9 Å². The van der Waals surface area contributed by atoms with Crippen molar-refractivity contribution in [1.82, 2.24) is 0 Å². The van der Waals surface area contributed by atoms with Gasteiger partial charge in [0.15, 0.2) is 0 Å². The zero-order chi connectivity index (χ0) is 16.0. The first kappa shape index (κ1) is 18.3. The van der Waals surface area contributed by atoms with Gasteiger partial charge in [-0.1, -0.05) is 25.4 Å². The molecule has 3 nitrogen and oxygen atoms in total. The Bertz CT molecular complexity index is 460. The topological polar surface area (TPSA) is 49.7 Å². The molecule has 21 heavy (non-hydrogen) atoms. The number of hydrogen-bond acceptors (Lipinski definition) is 3. The SMILES string of the molecule is CCCOc1c(C)cc(Cl)c(C)c1CCC(O)C(O)CC. The van der Waals surface area contributed by atoms with Gasteiger partial charge in [-0.3, -0.25) is 0 Å². The summed E-state index contributed by atoms with van der Waals surface area (Å²) in [6, 6.07) is 1.92. The fraction of sp³-hybridized carbons (Fsp3) is 0.647. The first-order valence-corrected chi connectivity index (χ1v) is 8.07. The summed E-state index contributed by atoms with van der Waals surface area (Å²) in [4.78, 5) is 0. The van der Waals surface area contributed by atoms with E-state index in [9.17, 15) is 10.2 Å². The van der Waals surface area contributed by atoms with Gasteiger partial charge in [0, 0.05) is 5.02 Å². The van der Waals surface area contributed by atoms with Crippen molar-refractivity contribution in [3.63, 3.8) is 0 Å². The van der Waals surface area contributed by atoms with E-state index >= 15 is 0 Å². The smallest absolute Gasteiger partial charge is 0.125 e. The molecule has 0 spiro atoms. The predicted octanol–water partition coefficient (Wildman–Crippen LogP) is 3.81. The Kier molecular flexibility index (Phi) is 7.50. The van der Waals surface area contributed by atoms with Crippen LogP contribution in [0.25, 0.3) is 0 Å². The van der Waals surface area contributed by atoms with Crippen LogP contribution in [0.1, 0.15) is 49.8 Å². The number of ether oxygens (including phenoxy) is 1. The van der Waals surface area contributed by atoms with Crippen molar-refractivity contribution >= 4 is 11.6 Å². The molecule has 2 N–H and O–H groups in total. The zero-order valence-corrected chi connectivity index (χ0v) is 14.2. The Balaban J connectivity index is 2.97. The molecule has 0 aliphatic heterocycles. The third-order valence-corrected chi connectivity index (χ3v) is 4.18. The van der Waals surface area contributed by atoms with Gasteiger partial charge in [0.2, 0.25) is 0 Å². The molecule has 0 saturated carbocycles. The molecule has 4 heteroatoms. The number of halogens is 1. The van der Waals surface area contributed by atoms with Gasteiger partial charge in [-0.2, -0.15) is 0 Å². The second kappa shape index (κ2) is 8.62. The van der Waals surface area contributed by atoms with Gasteiger partial charge >= 0.3 is 0 Å². The molecule has 1 rings (SSSR count). The van der Waals surface area contributed by atoms with Gasteiger partial charge in [0.25, 0.3) is 0 Å². The van der Waals surface area contributed by atoms with Gasteiger partial charge < -0.3 is 14.9 Å². The monoisotopic (exact) mass is 314 g/mol. The van der Waals surface area contributed by atoms with Crippen molar-refractivity contribution in [3.05, 3.63) is 27.8 Å². The minimum atomic E-state index is -0.715. The van der Waals surface area contributed by atoms with E-state index in [1.807, 2.05) is 26.8 Å². The van der Waals surface area contributed by atoms with Crippen LogP contribution < -0.4 is 4.74 Å². The largest absolute Gasteiger partial charge is 0.493 e. The molecule has 2 atom stereocenters. The third kappa shape index (κ3) is 4.87. The Morgan fingerprint density at radius 1 is 1.19 bits per heavy atom. The van der Waals surface area contributed by atoms with Crippen molar-refractivity contribution in [2.45, 2.75) is 65.6 Å².